The molecule has 3 aromatic rings. The van der Waals surface area contributed by atoms with E-state index in [1.54, 1.807) is 55.6 Å². The van der Waals surface area contributed by atoms with Gasteiger partial charge in [-0.05, 0) is 30.3 Å². The topological polar surface area (TPSA) is 105 Å². The lowest BCUT2D eigenvalue weighted by Crippen LogP contribution is -2.35. The largest absolute Gasteiger partial charge is 0.456 e. The molecule has 1 amide bonds. The lowest BCUT2D eigenvalue weighted by atomic mass is 10.2. The summed E-state index contributed by atoms with van der Waals surface area (Å²) in [5.41, 5.74) is 0.886. The highest BCUT2D eigenvalue weighted by Gasteiger charge is 2.18. The fourth-order valence-electron chi connectivity index (χ4n) is 3.20. The molecule has 0 aliphatic heterocycles. The first-order valence-corrected chi connectivity index (χ1v) is 10.3. The van der Waals surface area contributed by atoms with E-state index in [1.165, 1.54) is 9.47 Å². The molecule has 0 saturated heterocycles. The molecular formula is C23H21ClN4O4. The van der Waals surface area contributed by atoms with Crippen LogP contribution >= 0.6 is 11.6 Å². The fourth-order valence-corrected chi connectivity index (χ4v) is 3.38. The summed E-state index contributed by atoms with van der Waals surface area (Å²) in [5, 5.41) is 9.83. The van der Waals surface area contributed by atoms with Gasteiger partial charge in [0.15, 0.2) is 6.61 Å². The molecule has 1 aromatic heterocycles. The van der Waals surface area contributed by atoms with Crippen molar-refractivity contribution in [2.45, 2.75) is 19.3 Å². The molecule has 3 rings (SSSR count). The molecular weight excluding hydrogens is 432 g/mol. The van der Waals surface area contributed by atoms with Gasteiger partial charge in [0.1, 0.15) is 5.82 Å². The molecule has 0 spiro atoms. The molecule has 8 nitrogen and oxygen atoms in total. The number of fused-ring (bicyclic) bond motifs is 1. The van der Waals surface area contributed by atoms with E-state index in [2.05, 4.69) is 4.98 Å². The number of anilines is 1. The van der Waals surface area contributed by atoms with Crippen LogP contribution in [0.25, 0.3) is 10.9 Å². The average Bonchev–Trinajstić information content (AvgIpc) is 2.79. The maximum absolute atomic E-state index is 12.6. The van der Waals surface area contributed by atoms with E-state index in [0.29, 0.717) is 27.4 Å². The van der Waals surface area contributed by atoms with Crippen LogP contribution in [0.4, 0.5) is 5.69 Å². The molecule has 164 valence electrons. The quantitative estimate of drug-likeness (QED) is 0.486. The molecule has 0 N–H and O–H groups in total. The molecule has 0 atom stereocenters. The number of aromatic nitrogens is 2. The monoisotopic (exact) mass is 452 g/mol. The highest BCUT2D eigenvalue weighted by Crippen LogP contribution is 2.20. The lowest BCUT2D eigenvalue weighted by molar-refractivity contribution is -0.147. The van der Waals surface area contributed by atoms with Gasteiger partial charge in [0, 0.05) is 30.7 Å². The Balaban J connectivity index is 1.62. The second-order valence-corrected chi connectivity index (χ2v) is 7.44. The summed E-state index contributed by atoms with van der Waals surface area (Å²) in [6.07, 6.45) is 0.269. The zero-order valence-corrected chi connectivity index (χ0v) is 18.2. The Kier molecular flexibility index (Phi) is 7.58. The number of carbonyl (C=O) groups excluding carboxylic acids is 2. The Bertz CT molecular complexity index is 1250. The van der Waals surface area contributed by atoms with Crippen molar-refractivity contribution in [3.05, 3.63) is 69.7 Å². The summed E-state index contributed by atoms with van der Waals surface area (Å²) in [5.74, 6) is -0.606. The zero-order chi connectivity index (χ0) is 23.1. The summed E-state index contributed by atoms with van der Waals surface area (Å²) in [6, 6.07) is 15.6. The Labute approximate surface area is 189 Å². The molecule has 0 bridgehead atoms. The Morgan fingerprint density at radius 2 is 2.00 bits per heavy atom. The van der Waals surface area contributed by atoms with Crippen molar-refractivity contribution in [2.75, 3.05) is 18.1 Å². The minimum absolute atomic E-state index is 0.0404. The number of nitrogens with zero attached hydrogens (tertiary/aromatic N) is 4. The van der Waals surface area contributed by atoms with E-state index in [1.807, 2.05) is 6.07 Å². The number of ether oxygens (including phenoxy) is 1. The Morgan fingerprint density at radius 1 is 1.22 bits per heavy atom. The van der Waals surface area contributed by atoms with Gasteiger partial charge in [-0.1, -0.05) is 29.8 Å². The third-order valence-corrected chi connectivity index (χ3v) is 5.09. The number of halogens is 1. The van der Waals surface area contributed by atoms with Crippen molar-refractivity contribution < 1.29 is 14.3 Å². The van der Waals surface area contributed by atoms with Gasteiger partial charge in [0.25, 0.3) is 11.5 Å². The highest BCUT2D eigenvalue weighted by atomic mass is 35.5. The van der Waals surface area contributed by atoms with Gasteiger partial charge in [-0.25, -0.2) is 4.98 Å². The maximum Gasteiger partial charge on any atom is 0.306 e. The van der Waals surface area contributed by atoms with Crippen molar-refractivity contribution in [1.29, 1.82) is 5.26 Å². The van der Waals surface area contributed by atoms with E-state index in [4.69, 9.17) is 21.6 Å². The number of hydrogen-bond donors (Lipinski definition) is 0. The SMILES string of the molecule is Cn1c(CCC(=O)OCC(=O)N(CCC#N)c2cccc(Cl)c2)nc2ccccc2c1=O. The standard InChI is InChI=1S/C23H21ClN4O4/c1-27-20(26-19-9-3-2-8-18(19)23(27)31)10-11-22(30)32-15-21(29)28(13-5-12-25)17-7-4-6-16(24)14-17/h2-4,6-9,14H,5,10-11,13,15H2,1H3. The summed E-state index contributed by atoms with van der Waals surface area (Å²) < 4.78 is 6.54. The van der Waals surface area contributed by atoms with Crippen LogP contribution in [-0.2, 0) is 27.8 Å². The molecule has 2 aromatic carbocycles. The van der Waals surface area contributed by atoms with Crippen LogP contribution in [0.1, 0.15) is 18.7 Å². The van der Waals surface area contributed by atoms with Crippen LogP contribution in [-0.4, -0.2) is 34.6 Å². The van der Waals surface area contributed by atoms with E-state index < -0.39 is 18.5 Å². The number of nitriles is 1. The normalized spacial score (nSPS) is 10.5. The van der Waals surface area contributed by atoms with E-state index in [-0.39, 0.29) is 31.4 Å². The van der Waals surface area contributed by atoms with Gasteiger partial charge in [-0.2, -0.15) is 5.26 Å². The summed E-state index contributed by atoms with van der Waals surface area (Å²) in [6.45, 7) is -0.322. The van der Waals surface area contributed by atoms with Gasteiger partial charge in [0.2, 0.25) is 0 Å². The molecule has 0 aliphatic rings. The number of rotatable bonds is 8. The lowest BCUT2D eigenvalue weighted by Gasteiger charge is -2.21. The predicted octanol–water partition coefficient (Wildman–Crippen LogP) is 3.01. The third kappa shape index (κ3) is 5.50. The molecule has 0 fully saturated rings. The number of hydrogen-bond acceptors (Lipinski definition) is 6. The molecule has 0 saturated carbocycles. The van der Waals surface area contributed by atoms with Crippen molar-refractivity contribution in [3.63, 3.8) is 0 Å². The molecule has 9 heteroatoms. The molecule has 0 aliphatic carbocycles. The zero-order valence-electron chi connectivity index (χ0n) is 17.5. The second-order valence-electron chi connectivity index (χ2n) is 7.00. The first-order valence-electron chi connectivity index (χ1n) is 9.94. The van der Waals surface area contributed by atoms with Gasteiger partial charge in [0.05, 0.1) is 29.8 Å². The van der Waals surface area contributed by atoms with Crippen molar-refractivity contribution in [2.24, 2.45) is 7.05 Å². The van der Waals surface area contributed by atoms with E-state index in [0.717, 1.165) is 0 Å². The van der Waals surface area contributed by atoms with Gasteiger partial charge < -0.3 is 9.64 Å². The molecule has 32 heavy (non-hydrogen) atoms. The minimum atomic E-state index is -0.591. The number of benzene rings is 2. The number of amides is 1. The molecule has 0 unspecified atom stereocenters. The highest BCUT2D eigenvalue weighted by molar-refractivity contribution is 6.30. The number of carbonyl (C=O) groups is 2. The smallest absolute Gasteiger partial charge is 0.306 e. The van der Waals surface area contributed by atoms with Crippen LogP contribution in [0.5, 0.6) is 0 Å². The van der Waals surface area contributed by atoms with E-state index in [9.17, 15) is 14.4 Å². The Morgan fingerprint density at radius 3 is 2.75 bits per heavy atom. The summed E-state index contributed by atoms with van der Waals surface area (Å²) in [7, 11) is 1.60. The summed E-state index contributed by atoms with van der Waals surface area (Å²) >= 11 is 6.00. The Hall–Kier alpha value is -3.70. The van der Waals surface area contributed by atoms with Crippen molar-refractivity contribution in [1.82, 2.24) is 9.55 Å². The number of aryl methyl sites for hydroxylation is 1. The van der Waals surface area contributed by atoms with Crippen LogP contribution < -0.4 is 10.5 Å². The van der Waals surface area contributed by atoms with Crippen LogP contribution in [0.2, 0.25) is 5.02 Å². The maximum atomic E-state index is 12.6. The van der Waals surface area contributed by atoms with Gasteiger partial charge >= 0.3 is 5.97 Å². The summed E-state index contributed by atoms with van der Waals surface area (Å²) in [4.78, 5) is 43.1. The average molecular weight is 453 g/mol. The molecule has 0 radical (unpaired) electrons. The second kappa shape index (κ2) is 10.6. The number of para-hydroxylation sites is 1. The first kappa shape index (κ1) is 23.0. The first-order chi connectivity index (χ1) is 15.4. The van der Waals surface area contributed by atoms with Gasteiger partial charge in [-0.3, -0.25) is 19.0 Å². The van der Waals surface area contributed by atoms with Crippen molar-refractivity contribution in [3.8, 4) is 6.07 Å². The fraction of sp³-hybridized carbons (Fsp3) is 0.261. The third-order valence-electron chi connectivity index (χ3n) is 4.85. The number of esters is 1. The van der Waals surface area contributed by atoms with Crippen LogP contribution in [0, 0.1) is 11.3 Å². The van der Waals surface area contributed by atoms with Crippen LogP contribution in [0.15, 0.2) is 53.3 Å². The van der Waals surface area contributed by atoms with Crippen LogP contribution in [0.3, 0.4) is 0 Å². The molecule has 1 heterocycles. The predicted molar refractivity (Wildman–Crippen MR) is 120 cm³/mol. The van der Waals surface area contributed by atoms with Crippen molar-refractivity contribution >= 4 is 40.1 Å². The van der Waals surface area contributed by atoms with E-state index >= 15 is 0 Å². The van der Waals surface area contributed by atoms with Gasteiger partial charge in [-0.15, -0.1) is 0 Å². The minimum Gasteiger partial charge on any atom is -0.456 e.